The molecular formula is C9H4BrF6NO2. The lowest BCUT2D eigenvalue weighted by Crippen LogP contribution is -2.59. The zero-order valence-electron chi connectivity index (χ0n) is 8.72. The minimum atomic E-state index is -5.92. The van der Waals surface area contributed by atoms with Crippen molar-refractivity contribution in [3.05, 3.63) is 24.4 Å². The maximum Gasteiger partial charge on any atom is 0.423 e. The van der Waals surface area contributed by atoms with E-state index in [2.05, 4.69) is 9.72 Å². The number of hydrogen-bond acceptors (Lipinski definition) is 3. The maximum absolute atomic E-state index is 12.5. The highest BCUT2D eigenvalue weighted by Crippen LogP contribution is 2.50. The van der Waals surface area contributed by atoms with Gasteiger partial charge < -0.3 is 4.74 Å². The summed E-state index contributed by atoms with van der Waals surface area (Å²) < 4.78 is 74.0. The van der Waals surface area contributed by atoms with E-state index in [9.17, 15) is 31.1 Å². The Bertz CT molecular complexity index is 444. The molecule has 1 aromatic rings. The number of alkyl halides is 7. The molecule has 0 saturated heterocycles. The Labute approximate surface area is 110 Å². The highest BCUT2D eigenvalue weighted by atomic mass is 79.9. The molecule has 19 heavy (non-hydrogen) atoms. The topological polar surface area (TPSA) is 39.2 Å². The third kappa shape index (κ3) is 2.99. The molecule has 0 aliphatic carbocycles. The molecule has 0 aliphatic heterocycles. The normalized spacial score (nSPS) is 13.2. The zero-order chi connectivity index (χ0) is 14.9. The molecule has 1 heterocycles. The van der Waals surface area contributed by atoms with Gasteiger partial charge in [0.05, 0.1) is 0 Å². The fourth-order valence-electron chi connectivity index (χ4n) is 0.965. The highest BCUT2D eigenvalue weighted by molar-refractivity contribution is 9.10. The van der Waals surface area contributed by atoms with E-state index in [-0.39, 0.29) is 0 Å². The molecule has 0 N–H and O–H groups in total. The van der Waals surface area contributed by atoms with Gasteiger partial charge in [-0.25, -0.2) is 9.78 Å². The molecule has 0 saturated carbocycles. The second-order valence-corrected chi connectivity index (χ2v) is 4.40. The summed E-state index contributed by atoms with van der Waals surface area (Å²) >= 11 is 1.40. The van der Waals surface area contributed by atoms with Gasteiger partial charge in [-0.2, -0.15) is 26.3 Å². The Morgan fingerprint density at radius 2 is 1.63 bits per heavy atom. The molecule has 0 fully saturated rings. The summed E-state index contributed by atoms with van der Waals surface area (Å²) in [5.74, 6) is -3.24. The third-order valence-corrected chi connectivity index (χ3v) is 3.12. The summed E-state index contributed by atoms with van der Waals surface area (Å²) in [7, 11) is 0. The van der Waals surface area contributed by atoms with Crippen molar-refractivity contribution in [2.75, 3.05) is 0 Å². The first-order valence-electron chi connectivity index (χ1n) is 4.46. The average molecular weight is 352 g/mol. The average Bonchev–Trinajstić information content (AvgIpc) is 2.26. The van der Waals surface area contributed by atoms with Gasteiger partial charge in [0.25, 0.3) is 0 Å². The Kier molecular flexibility index (Phi) is 4.13. The predicted molar refractivity (Wildman–Crippen MR) is 53.6 cm³/mol. The van der Waals surface area contributed by atoms with Gasteiger partial charge >= 0.3 is 22.6 Å². The van der Waals surface area contributed by atoms with Gasteiger partial charge in [0.2, 0.25) is 5.88 Å². The van der Waals surface area contributed by atoms with Gasteiger partial charge in [-0.05, 0) is 6.07 Å². The number of carbonyl (C=O) groups is 1. The van der Waals surface area contributed by atoms with Crippen molar-refractivity contribution in [2.45, 2.75) is 16.7 Å². The Hall–Kier alpha value is -1.32. The van der Waals surface area contributed by atoms with Crippen LogP contribution in [0.1, 0.15) is 0 Å². The lowest BCUT2D eigenvalue weighted by molar-refractivity contribution is -0.259. The zero-order valence-corrected chi connectivity index (χ0v) is 10.3. The molecular weight excluding hydrogens is 348 g/mol. The van der Waals surface area contributed by atoms with Gasteiger partial charge in [0, 0.05) is 12.3 Å². The van der Waals surface area contributed by atoms with Crippen molar-refractivity contribution in [1.29, 1.82) is 0 Å². The van der Waals surface area contributed by atoms with E-state index in [4.69, 9.17) is 0 Å². The number of ether oxygens (including phenoxy) is 1. The minimum absolute atomic E-state index is 0.676. The summed E-state index contributed by atoms with van der Waals surface area (Å²) in [4.78, 5) is 14.5. The Morgan fingerprint density at radius 3 is 2.00 bits per heavy atom. The van der Waals surface area contributed by atoms with E-state index in [0.717, 1.165) is 12.3 Å². The maximum atomic E-state index is 12.5. The minimum Gasteiger partial charge on any atom is -0.406 e. The van der Waals surface area contributed by atoms with E-state index < -0.39 is 28.5 Å². The Morgan fingerprint density at radius 1 is 1.11 bits per heavy atom. The van der Waals surface area contributed by atoms with Gasteiger partial charge in [0.1, 0.15) is 0 Å². The first-order chi connectivity index (χ1) is 8.50. The second-order valence-electron chi connectivity index (χ2n) is 3.21. The van der Waals surface area contributed by atoms with Crippen molar-refractivity contribution in [1.82, 2.24) is 4.98 Å². The van der Waals surface area contributed by atoms with Crippen LogP contribution in [0.15, 0.2) is 24.4 Å². The van der Waals surface area contributed by atoms with E-state index in [1.54, 1.807) is 0 Å². The van der Waals surface area contributed by atoms with E-state index in [1.807, 2.05) is 0 Å². The van der Waals surface area contributed by atoms with Crippen LogP contribution in [0.25, 0.3) is 0 Å². The number of nitrogens with zero attached hydrogens (tertiary/aromatic N) is 1. The van der Waals surface area contributed by atoms with Crippen LogP contribution in [-0.2, 0) is 4.79 Å². The number of rotatable bonds is 2. The van der Waals surface area contributed by atoms with Crippen LogP contribution in [0.3, 0.4) is 0 Å². The smallest absolute Gasteiger partial charge is 0.406 e. The lowest BCUT2D eigenvalue weighted by atomic mass is 10.1. The summed E-state index contributed by atoms with van der Waals surface area (Å²) in [5.41, 5.74) is 0. The fourth-order valence-corrected chi connectivity index (χ4v) is 1.05. The summed E-state index contributed by atoms with van der Waals surface area (Å²) in [6, 6.07) is 3.51. The molecule has 0 radical (unpaired) electrons. The van der Waals surface area contributed by atoms with Crippen LogP contribution in [-0.4, -0.2) is 27.6 Å². The van der Waals surface area contributed by atoms with Crippen LogP contribution >= 0.6 is 15.9 Å². The first kappa shape index (κ1) is 15.7. The van der Waals surface area contributed by atoms with Gasteiger partial charge in [-0.1, -0.05) is 22.0 Å². The largest absolute Gasteiger partial charge is 0.423 e. The molecule has 10 heteroatoms. The molecule has 106 valence electrons. The summed E-state index contributed by atoms with van der Waals surface area (Å²) in [6.07, 6.45) is -10.8. The van der Waals surface area contributed by atoms with Crippen molar-refractivity contribution < 1.29 is 35.9 Å². The molecule has 0 spiro atoms. The summed E-state index contributed by atoms with van der Waals surface area (Å²) in [5, 5.41) is 0. The van der Waals surface area contributed by atoms with Crippen molar-refractivity contribution >= 4 is 21.9 Å². The number of carbonyl (C=O) groups excluding carboxylic acids is 1. The number of aromatic nitrogens is 1. The molecule has 0 aliphatic rings. The van der Waals surface area contributed by atoms with Crippen molar-refractivity contribution in [3.63, 3.8) is 0 Å². The Balaban J connectivity index is 3.11. The number of halogens is 7. The highest BCUT2D eigenvalue weighted by Gasteiger charge is 2.76. The molecule has 1 rings (SSSR count). The first-order valence-corrected chi connectivity index (χ1v) is 5.25. The summed E-state index contributed by atoms with van der Waals surface area (Å²) in [6.45, 7) is 0. The molecule has 0 aromatic carbocycles. The number of pyridine rings is 1. The lowest BCUT2D eigenvalue weighted by Gasteiger charge is -2.29. The van der Waals surface area contributed by atoms with Gasteiger partial charge in [0.15, 0.2) is 0 Å². The number of hydrogen-bond donors (Lipinski definition) is 0. The van der Waals surface area contributed by atoms with Crippen molar-refractivity contribution in [2.24, 2.45) is 0 Å². The molecule has 0 unspecified atom stereocenters. The fraction of sp³-hybridized carbons (Fsp3) is 0.333. The van der Waals surface area contributed by atoms with E-state index >= 15 is 0 Å². The SMILES string of the molecule is O=C(Oc1ccccn1)C(Br)(C(F)(F)F)C(F)(F)F. The molecule has 0 amide bonds. The van der Waals surface area contributed by atoms with E-state index in [1.165, 1.54) is 28.1 Å². The van der Waals surface area contributed by atoms with Crippen LogP contribution in [0.4, 0.5) is 26.3 Å². The monoisotopic (exact) mass is 351 g/mol. The van der Waals surface area contributed by atoms with Crippen LogP contribution in [0.2, 0.25) is 0 Å². The molecule has 0 atom stereocenters. The molecule has 1 aromatic heterocycles. The predicted octanol–water partition coefficient (Wildman–Crippen LogP) is 3.25. The van der Waals surface area contributed by atoms with Crippen molar-refractivity contribution in [3.8, 4) is 5.88 Å². The molecule has 0 bridgehead atoms. The van der Waals surface area contributed by atoms with Crippen LogP contribution in [0.5, 0.6) is 5.88 Å². The molecule has 3 nitrogen and oxygen atoms in total. The standard InChI is InChI=1S/C9H4BrF6NO2/c10-7(8(11,12)13,9(14,15)16)6(18)19-5-3-1-2-4-17-5/h1-4H. The quantitative estimate of drug-likeness (QED) is 0.466. The van der Waals surface area contributed by atoms with Crippen LogP contribution < -0.4 is 4.74 Å². The number of esters is 1. The second kappa shape index (κ2) is 4.99. The third-order valence-electron chi connectivity index (χ3n) is 1.90. The van der Waals surface area contributed by atoms with Crippen LogP contribution in [0, 0.1) is 0 Å². The van der Waals surface area contributed by atoms with Gasteiger partial charge in [-0.15, -0.1) is 0 Å². The van der Waals surface area contributed by atoms with Gasteiger partial charge in [-0.3, -0.25) is 0 Å². The van der Waals surface area contributed by atoms with E-state index in [0.29, 0.717) is 0 Å².